The summed E-state index contributed by atoms with van der Waals surface area (Å²) in [5.74, 6) is 1.05. The van der Waals surface area contributed by atoms with E-state index in [0.29, 0.717) is 18.4 Å². The number of likely N-dealkylation sites (tertiary alicyclic amines) is 1. The number of amides is 1. The van der Waals surface area contributed by atoms with Gasteiger partial charge in [-0.25, -0.2) is 0 Å². The van der Waals surface area contributed by atoms with Crippen LogP contribution in [-0.4, -0.2) is 56.2 Å². The van der Waals surface area contributed by atoms with E-state index in [1.54, 1.807) is 0 Å². The number of nitrogens with one attached hydrogen (secondary N) is 1. The fourth-order valence-corrected chi connectivity index (χ4v) is 3.84. The van der Waals surface area contributed by atoms with Crippen molar-refractivity contribution < 1.29 is 9.53 Å². The van der Waals surface area contributed by atoms with Gasteiger partial charge in [0.1, 0.15) is 0 Å². The van der Waals surface area contributed by atoms with Gasteiger partial charge in [0.25, 0.3) is 0 Å². The summed E-state index contributed by atoms with van der Waals surface area (Å²) in [7, 11) is 1.81. The van der Waals surface area contributed by atoms with Gasteiger partial charge in [-0.15, -0.1) is 0 Å². The van der Waals surface area contributed by atoms with E-state index < -0.39 is 0 Å². The second-order valence-corrected chi connectivity index (χ2v) is 7.08. The third kappa shape index (κ3) is 6.67. The first kappa shape index (κ1) is 19.0. The zero-order valence-corrected chi connectivity index (χ0v) is 15.1. The number of rotatable bonds is 6. The van der Waals surface area contributed by atoms with Crippen LogP contribution in [0.4, 0.5) is 0 Å². The number of carbonyl (C=O) groups is 1. The number of hydrogen-bond acceptors (Lipinski definition) is 3. The van der Waals surface area contributed by atoms with Crippen molar-refractivity contribution in [2.24, 2.45) is 16.6 Å². The maximum atomic E-state index is 11.1. The SMILES string of the molecule is CN=C(NCCOC1CCCCCC1)N1CCCC(CC(N)=O)C1. The summed E-state index contributed by atoms with van der Waals surface area (Å²) in [4.78, 5) is 17.8. The molecule has 0 spiro atoms. The van der Waals surface area contributed by atoms with Gasteiger partial charge in [-0.05, 0) is 31.6 Å². The lowest BCUT2D eigenvalue weighted by Gasteiger charge is -2.34. The molecule has 1 amide bonds. The summed E-state index contributed by atoms with van der Waals surface area (Å²) in [6.07, 6.45) is 10.8. The summed E-state index contributed by atoms with van der Waals surface area (Å²) < 4.78 is 6.02. The molecular weight excluding hydrogens is 304 g/mol. The maximum absolute atomic E-state index is 11.1. The van der Waals surface area contributed by atoms with Crippen molar-refractivity contribution in [2.75, 3.05) is 33.3 Å². The average Bonchev–Trinajstić information content (AvgIpc) is 2.83. The Morgan fingerprint density at radius 3 is 2.62 bits per heavy atom. The highest BCUT2D eigenvalue weighted by atomic mass is 16.5. The topological polar surface area (TPSA) is 80.0 Å². The molecule has 2 aliphatic rings. The van der Waals surface area contributed by atoms with Crippen LogP contribution in [-0.2, 0) is 9.53 Å². The summed E-state index contributed by atoms with van der Waals surface area (Å²) in [6.45, 7) is 3.34. The lowest BCUT2D eigenvalue weighted by atomic mass is 9.95. The Kier molecular flexibility index (Phi) is 8.36. The minimum absolute atomic E-state index is 0.207. The van der Waals surface area contributed by atoms with Gasteiger partial charge < -0.3 is 20.7 Å². The molecule has 24 heavy (non-hydrogen) atoms. The van der Waals surface area contributed by atoms with Crippen molar-refractivity contribution in [3.8, 4) is 0 Å². The molecule has 0 aromatic rings. The Morgan fingerprint density at radius 1 is 1.21 bits per heavy atom. The highest BCUT2D eigenvalue weighted by Gasteiger charge is 2.23. The monoisotopic (exact) mass is 338 g/mol. The normalized spacial score (nSPS) is 23.8. The number of primary amides is 1. The smallest absolute Gasteiger partial charge is 0.217 e. The van der Waals surface area contributed by atoms with Crippen LogP contribution < -0.4 is 11.1 Å². The summed E-state index contributed by atoms with van der Waals surface area (Å²) in [5.41, 5.74) is 5.34. The first-order valence-electron chi connectivity index (χ1n) is 9.54. The summed E-state index contributed by atoms with van der Waals surface area (Å²) >= 11 is 0. The fraction of sp³-hybridized carbons (Fsp3) is 0.889. The van der Waals surface area contributed by atoms with Crippen molar-refractivity contribution in [1.82, 2.24) is 10.2 Å². The van der Waals surface area contributed by atoms with Crippen LogP contribution >= 0.6 is 0 Å². The third-order valence-corrected chi connectivity index (χ3v) is 5.06. The van der Waals surface area contributed by atoms with Crippen LogP contribution in [0, 0.1) is 5.92 Å². The van der Waals surface area contributed by atoms with Crippen LogP contribution in [0.5, 0.6) is 0 Å². The van der Waals surface area contributed by atoms with E-state index in [1.165, 1.54) is 38.5 Å². The van der Waals surface area contributed by atoms with Gasteiger partial charge in [-0.3, -0.25) is 9.79 Å². The number of ether oxygens (including phenoxy) is 1. The molecule has 1 atom stereocenters. The molecule has 2 fully saturated rings. The zero-order valence-electron chi connectivity index (χ0n) is 15.1. The highest BCUT2D eigenvalue weighted by molar-refractivity contribution is 5.80. The predicted octanol–water partition coefficient (Wildman–Crippen LogP) is 1.89. The van der Waals surface area contributed by atoms with Gasteiger partial charge in [-0.1, -0.05) is 25.7 Å². The number of guanidine groups is 1. The molecule has 0 radical (unpaired) electrons. The Bertz CT molecular complexity index is 406. The summed E-state index contributed by atoms with van der Waals surface area (Å²) in [6, 6.07) is 0. The van der Waals surface area contributed by atoms with Crippen LogP contribution in [0.1, 0.15) is 57.8 Å². The van der Waals surface area contributed by atoms with E-state index in [-0.39, 0.29) is 5.91 Å². The molecule has 6 nitrogen and oxygen atoms in total. The number of nitrogens with zero attached hydrogens (tertiary/aromatic N) is 2. The Hall–Kier alpha value is -1.30. The van der Waals surface area contributed by atoms with E-state index in [2.05, 4.69) is 15.2 Å². The number of hydrogen-bond donors (Lipinski definition) is 2. The van der Waals surface area contributed by atoms with E-state index in [9.17, 15) is 4.79 Å². The van der Waals surface area contributed by atoms with Crippen molar-refractivity contribution >= 4 is 11.9 Å². The molecule has 2 rings (SSSR count). The third-order valence-electron chi connectivity index (χ3n) is 5.06. The highest BCUT2D eigenvalue weighted by Crippen LogP contribution is 2.20. The minimum Gasteiger partial charge on any atom is -0.376 e. The van der Waals surface area contributed by atoms with Gasteiger partial charge in [0, 0.05) is 33.1 Å². The van der Waals surface area contributed by atoms with Gasteiger partial charge in [0.05, 0.1) is 12.7 Å². The Labute approximate surface area is 146 Å². The van der Waals surface area contributed by atoms with Crippen molar-refractivity contribution in [2.45, 2.75) is 63.9 Å². The quantitative estimate of drug-likeness (QED) is 0.335. The van der Waals surface area contributed by atoms with Gasteiger partial charge in [-0.2, -0.15) is 0 Å². The molecule has 0 aromatic carbocycles. The molecule has 1 aliphatic heterocycles. The number of carbonyl (C=O) groups excluding carboxylic acids is 1. The first-order chi connectivity index (χ1) is 11.7. The Balaban J connectivity index is 1.68. The van der Waals surface area contributed by atoms with E-state index in [1.807, 2.05) is 7.05 Å². The molecular formula is C18H34N4O2. The number of aliphatic imine (C=N–C) groups is 1. The van der Waals surface area contributed by atoms with Gasteiger partial charge in [0.2, 0.25) is 5.91 Å². The second kappa shape index (κ2) is 10.5. The fourth-order valence-electron chi connectivity index (χ4n) is 3.84. The van der Waals surface area contributed by atoms with Crippen molar-refractivity contribution in [1.29, 1.82) is 0 Å². The molecule has 1 heterocycles. The second-order valence-electron chi connectivity index (χ2n) is 7.08. The molecule has 1 unspecified atom stereocenters. The van der Waals surface area contributed by atoms with Crippen LogP contribution in [0.15, 0.2) is 4.99 Å². The Morgan fingerprint density at radius 2 is 1.96 bits per heavy atom. The zero-order chi connectivity index (χ0) is 17.2. The molecule has 138 valence electrons. The van der Waals surface area contributed by atoms with Gasteiger partial charge in [0.15, 0.2) is 5.96 Å². The first-order valence-corrected chi connectivity index (χ1v) is 9.54. The molecule has 1 aliphatic carbocycles. The van der Waals surface area contributed by atoms with E-state index >= 15 is 0 Å². The standard InChI is InChI=1S/C18H34N4O2/c1-20-18(22-11-6-7-15(14-22)13-17(19)23)21-10-12-24-16-8-4-2-3-5-9-16/h15-16H,2-14H2,1H3,(H2,19,23)(H,20,21). The molecule has 6 heteroatoms. The molecule has 3 N–H and O–H groups in total. The molecule has 1 saturated carbocycles. The minimum atomic E-state index is -0.207. The van der Waals surface area contributed by atoms with E-state index in [0.717, 1.165) is 45.0 Å². The van der Waals surface area contributed by atoms with Crippen molar-refractivity contribution in [3.05, 3.63) is 0 Å². The molecule has 1 saturated heterocycles. The van der Waals surface area contributed by atoms with Crippen LogP contribution in [0.3, 0.4) is 0 Å². The summed E-state index contributed by atoms with van der Waals surface area (Å²) in [5, 5.41) is 3.40. The molecule has 0 bridgehead atoms. The maximum Gasteiger partial charge on any atom is 0.217 e. The predicted molar refractivity (Wildman–Crippen MR) is 96.9 cm³/mol. The largest absolute Gasteiger partial charge is 0.376 e. The van der Waals surface area contributed by atoms with E-state index in [4.69, 9.17) is 10.5 Å². The van der Waals surface area contributed by atoms with Crippen molar-refractivity contribution in [3.63, 3.8) is 0 Å². The number of piperidine rings is 1. The average molecular weight is 338 g/mol. The van der Waals surface area contributed by atoms with Crippen LogP contribution in [0.2, 0.25) is 0 Å². The lowest BCUT2D eigenvalue weighted by Crippen LogP contribution is -2.47. The molecule has 0 aromatic heterocycles. The number of nitrogens with two attached hydrogens (primary N) is 1. The van der Waals surface area contributed by atoms with Gasteiger partial charge >= 0.3 is 0 Å². The van der Waals surface area contributed by atoms with Crippen LogP contribution in [0.25, 0.3) is 0 Å². The lowest BCUT2D eigenvalue weighted by molar-refractivity contribution is -0.119.